The predicted octanol–water partition coefficient (Wildman–Crippen LogP) is 4.58. The van der Waals surface area contributed by atoms with Crippen LogP contribution in [0.5, 0.6) is 0 Å². The predicted molar refractivity (Wildman–Crippen MR) is 107 cm³/mol. The molecule has 0 aliphatic heterocycles. The fourth-order valence-corrected chi connectivity index (χ4v) is 2.72. The zero-order valence-electron chi connectivity index (χ0n) is 14.7. The lowest BCUT2D eigenvalue weighted by molar-refractivity contribution is -0.140. The number of hydrogen-bond donors (Lipinski definition) is 2. The van der Waals surface area contributed by atoms with Gasteiger partial charge in [-0.2, -0.15) is 0 Å². The number of nitrogens with one attached hydrogen (secondary N) is 1. The van der Waals surface area contributed by atoms with Crippen LogP contribution in [0.4, 0.5) is 11.4 Å². The Hall–Kier alpha value is -3.27. The van der Waals surface area contributed by atoms with Crippen molar-refractivity contribution in [2.45, 2.75) is 6.42 Å². The van der Waals surface area contributed by atoms with E-state index in [9.17, 15) is 4.79 Å². The summed E-state index contributed by atoms with van der Waals surface area (Å²) in [7, 11) is 1.40. The van der Waals surface area contributed by atoms with Crippen LogP contribution in [0, 0.1) is 0 Å². The molecule has 26 heavy (non-hydrogen) atoms. The van der Waals surface area contributed by atoms with Gasteiger partial charge in [0.15, 0.2) is 0 Å². The molecule has 3 aromatic rings. The summed E-state index contributed by atoms with van der Waals surface area (Å²) in [6.45, 7) is 0.558. The lowest BCUT2D eigenvalue weighted by atomic mass is 10.00. The Balaban J connectivity index is 1.65. The van der Waals surface area contributed by atoms with Crippen LogP contribution in [-0.2, 0) is 9.53 Å². The van der Waals surface area contributed by atoms with Gasteiger partial charge in [-0.25, -0.2) is 0 Å². The molecule has 0 aliphatic rings. The van der Waals surface area contributed by atoms with Crippen molar-refractivity contribution in [3.63, 3.8) is 0 Å². The van der Waals surface area contributed by atoms with E-state index in [1.165, 1.54) is 7.11 Å². The van der Waals surface area contributed by atoms with Gasteiger partial charge >= 0.3 is 5.97 Å². The van der Waals surface area contributed by atoms with E-state index in [2.05, 4.69) is 46.5 Å². The lowest BCUT2D eigenvalue weighted by Gasteiger charge is -2.08. The van der Waals surface area contributed by atoms with E-state index in [-0.39, 0.29) is 5.97 Å². The lowest BCUT2D eigenvalue weighted by Crippen LogP contribution is -2.09. The van der Waals surface area contributed by atoms with E-state index >= 15 is 0 Å². The normalized spacial score (nSPS) is 10.3. The summed E-state index contributed by atoms with van der Waals surface area (Å²) >= 11 is 0. The largest absolute Gasteiger partial charge is 0.469 e. The molecule has 0 saturated carbocycles. The minimum atomic E-state index is -0.213. The summed E-state index contributed by atoms with van der Waals surface area (Å²) in [5.74, 6) is -0.213. The maximum atomic E-state index is 11.1. The average molecular weight is 346 g/mol. The molecule has 0 spiro atoms. The highest BCUT2D eigenvalue weighted by atomic mass is 16.5. The van der Waals surface area contributed by atoms with E-state index in [0.29, 0.717) is 13.0 Å². The van der Waals surface area contributed by atoms with Gasteiger partial charge in [0.1, 0.15) is 0 Å². The monoisotopic (exact) mass is 346 g/mol. The molecular weight excluding hydrogens is 324 g/mol. The molecule has 3 rings (SSSR count). The van der Waals surface area contributed by atoms with Crippen LogP contribution in [0.1, 0.15) is 6.42 Å². The summed E-state index contributed by atoms with van der Waals surface area (Å²) in [4.78, 5) is 11.1. The molecule has 0 fully saturated rings. The molecule has 0 aromatic heterocycles. The first-order valence-corrected chi connectivity index (χ1v) is 8.53. The second-order valence-corrected chi connectivity index (χ2v) is 6.03. The highest BCUT2D eigenvalue weighted by molar-refractivity contribution is 5.72. The number of carbonyl (C=O) groups excluding carboxylic acids is 1. The quantitative estimate of drug-likeness (QED) is 0.506. The number of methoxy groups -OCH3 is 1. The van der Waals surface area contributed by atoms with Crippen molar-refractivity contribution in [1.82, 2.24) is 0 Å². The first kappa shape index (κ1) is 17.5. The number of nitrogen functional groups attached to an aromatic ring is 1. The SMILES string of the molecule is COC(=O)CCNc1ccc(-c2ccc(-c3ccc(N)cc3)cc2)cc1. The first-order valence-electron chi connectivity index (χ1n) is 8.53. The summed E-state index contributed by atoms with van der Waals surface area (Å²) in [6.07, 6.45) is 0.352. The molecule has 132 valence electrons. The second-order valence-electron chi connectivity index (χ2n) is 6.03. The molecule has 4 nitrogen and oxygen atoms in total. The van der Waals surface area contributed by atoms with Gasteiger partial charge in [-0.05, 0) is 46.5 Å². The maximum absolute atomic E-state index is 11.1. The van der Waals surface area contributed by atoms with Crippen molar-refractivity contribution in [1.29, 1.82) is 0 Å². The van der Waals surface area contributed by atoms with Crippen LogP contribution in [0.3, 0.4) is 0 Å². The van der Waals surface area contributed by atoms with Crippen LogP contribution >= 0.6 is 0 Å². The summed E-state index contributed by atoms with van der Waals surface area (Å²) in [6, 6.07) is 24.5. The molecule has 0 heterocycles. The number of ether oxygens (including phenoxy) is 1. The molecule has 3 N–H and O–H groups in total. The Morgan fingerprint density at radius 2 is 1.23 bits per heavy atom. The van der Waals surface area contributed by atoms with Gasteiger partial charge in [-0.1, -0.05) is 48.5 Å². The van der Waals surface area contributed by atoms with Gasteiger partial charge in [0, 0.05) is 17.9 Å². The first-order chi connectivity index (χ1) is 12.7. The third kappa shape index (κ3) is 4.42. The molecule has 0 bridgehead atoms. The molecule has 0 amide bonds. The van der Waals surface area contributed by atoms with Gasteiger partial charge in [0.05, 0.1) is 13.5 Å². The van der Waals surface area contributed by atoms with Gasteiger partial charge in [-0.15, -0.1) is 0 Å². The highest BCUT2D eigenvalue weighted by Crippen LogP contribution is 2.26. The molecule has 4 heteroatoms. The van der Waals surface area contributed by atoms with E-state index in [0.717, 1.165) is 33.6 Å². The molecule has 0 atom stereocenters. The van der Waals surface area contributed by atoms with Crippen molar-refractivity contribution in [3.8, 4) is 22.3 Å². The summed E-state index contributed by atoms with van der Waals surface area (Å²) < 4.78 is 4.63. The Bertz CT molecular complexity index is 854. The fraction of sp³-hybridized carbons (Fsp3) is 0.136. The number of rotatable bonds is 6. The minimum absolute atomic E-state index is 0.213. The van der Waals surface area contributed by atoms with Crippen LogP contribution in [0.15, 0.2) is 72.8 Å². The standard InChI is InChI=1S/C22H22N2O2/c1-26-22(25)14-15-24-21-12-8-19(9-13-21)17-4-2-16(3-5-17)18-6-10-20(23)11-7-18/h2-13,24H,14-15,23H2,1H3. The molecular formula is C22H22N2O2. The smallest absolute Gasteiger partial charge is 0.307 e. The average Bonchev–Trinajstić information content (AvgIpc) is 2.69. The van der Waals surface area contributed by atoms with Crippen LogP contribution < -0.4 is 11.1 Å². The topological polar surface area (TPSA) is 64.3 Å². The van der Waals surface area contributed by atoms with E-state index < -0.39 is 0 Å². The highest BCUT2D eigenvalue weighted by Gasteiger charge is 2.02. The summed E-state index contributed by atoms with van der Waals surface area (Å²) in [5, 5.41) is 3.21. The number of carbonyl (C=O) groups is 1. The molecule has 0 radical (unpaired) electrons. The van der Waals surface area contributed by atoms with E-state index in [4.69, 9.17) is 5.73 Å². The van der Waals surface area contributed by atoms with Crippen molar-refractivity contribution in [2.75, 3.05) is 24.7 Å². The molecule has 0 aliphatic carbocycles. The van der Waals surface area contributed by atoms with Crippen molar-refractivity contribution in [3.05, 3.63) is 72.8 Å². The van der Waals surface area contributed by atoms with Gasteiger partial charge in [0.2, 0.25) is 0 Å². The van der Waals surface area contributed by atoms with Crippen LogP contribution in [0.2, 0.25) is 0 Å². The number of esters is 1. The van der Waals surface area contributed by atoms with Crippen LogP contribution in [0.25, 0.3) is 22.3 Å². The van der Waals surface area contributed by atoms with Crippen molar-refractivity contribution in [2.24, 2.45) is 0 Å². The fourth-order valence-electron chi connectivity index (χ4n) is 2.72. The summed E-state index contributed by atoms with van der Waals surface area (Å²) in [5.41, 5.74) is 12.1. The third-order valence-corrected chi connectivity index (χ3v) is 4.23. The Morgan fingerprint density at radius 3 is 1.69 bits per heavy atom. The Kier molecular flexibility index (Phi) is 5.54. The number of nitrogens with two attached hydrogens (primary N) is 1. The number of anilines is 2. The molecule has 0 saturated heterocycles. The van der Waals surface area contributed by atoms with E-state index in [1.54, 1.807) is 0 Å². The Morgan fingerprint density at radius 1 is 0.808 bits per heavy atom. The Labute approximate surface area is 153 Å². The minimum Gasteiger partial charge on any atom is -0.469 e. The van der Waals surface area contributed by atoms with Gasteiger partial charge in [-0.3, -0.25) is 4.79 Å². The van der Waals surface area contributed by atoms with E-state index in [1.807, 2.05) is 36.4 Å². The van der Waals surface area contributed by atoms with Crippen LogP contribution in [-0.4, -0.2) is 19.6 Å². The van der Waals surface area contributed by atoms with Crippen molar-refractivity contribution < 1.29 is 9.53 Å². The molecule has 0 unspecified atom stereocenters. The maximum Gasteiger partial charge on any atom is 0.307 e. The third-order valence-electron chi connectivity index (χ3n) is 4.23. The van der Waals surface area contributed by atoms with Gasteiger partial charge in [0.25, 0.3) is 0 Å². The molecule has 3 aromatic carbocycles. The second kappa shape index (κ2) is 8.21. The van der Waals surface area contributed by atoms with Crippen molar-refractivity contribution >= 4 is 17.3 Å². The number of benzene rings is 3. The number of hydrogen-bond acceptors (Lipinski definition) is 4. The zero-order valence-corrected chi connectivity index (χ0v) is 14.7. The van der Waals surface area contributed by atoms with Gasteiger partial charge < -0.3 is 15.8 Å². The zero-order chi connectivity index (χ0) is 18.4.